The average molecular weight is 271 g/mol. The Balaban J connectivity index is 3.17. The number of esters is 1. The molecule has 0 unspecified atom stereocenters. The maximum Gasteiger partial charge on any atom is 0.326 e. The summed E-state index contributed by atoms with van der Waals surface area (Å²) in [5.74, 6) is -0.661. The number of sulfonamides is 1. The monoisotopic (exact) mass is 271 g/mol. The molecule has 0 amide bonds. The molecule has 100 valence electrons. The summed E-state index contributed by atoms with van der Waals surface area (Å²) in [6.45, 7) is 3.09. The third-order valence-electron chi connectivity index (χ3n) is 2.49. The van der Waals surface area contributed by atoms with Gasteiger partial charge in [-0.05, 0) is 31.5 Å². The summed E-state index contributed by atoms with van der Waals surface area (Å²) in [4.78, 5) is 11.3. The molecule has 0 saturated heterocycles. The zero-order chi connectivity index (χ0) is 13.8. The van der Waals surface area contributed by atoms with E-state index in [2.05, 4.69) is 4.74 Å². The van der Waals surface area contributed by atoms with Gasteiger partial charge in [0.05, 0.1) is 18.6 Å². The van der Waals surface area contributed by atoms with Crippen molar-refractivity contribution < 1.29 is 17.9 Å². The highest BCUT2D eigenvalue weighted by Crippen LogP contribution is 2.19. The van der Waals surface area contributed by atoms with Crippen molar-refractivity contribution >= 4 is 21.7 Å². The molecule has 1 rings (SSSR count). The van der Waals surface area contributed by atoms with E-state index in [4.69, 9.17) is 0 Å². The number of hydrogen-bond acceptors (Lipinski definition) is 4. The van der Waals surface area contributed by atoms with E-state index in [1.165, 1.54) is 14.0 Å². The number of methoxy groups -OCH3 is 1. The topological polar surface area (TPSA) is 63.7 Å². The highest BCUT2D eigenvalue weighted by atomic mass is 32.2. The average Bonchev–Trinajstić information content (AvgIpc) is 2.35. The Labute approximate surface area is 107 Å². The van der Waals surface area contributed by atoms with Crippen molar-refractivity contribution in [3.63, 3.8) is 0 Å². The Morgan fingerprint density at radius 2 is 2.06 bits per heavy atom. The summed E-state index contributed by atoms with van der Waals surface area (Å²) < 4.78 is 29.6. The van der Waals surface area contributed by atoms with Gasteiger partial charge in [0.25, 0.3) is 0 Å². The summed E-state index contributed by atoms with van der Waals surface area (Å²) in [6.07, 6.45) is 0. The quantitative estimate of drug-likeness (QED) is 0.758. The van der Waals surface area contributed by atoms with Crippen LogP contribution in [0.15, 0.2) is 24.3 Å². The van der Waals surface area contributed by atoms with E-state index in [1.54, 1.807) is 18.2 Å². The summed E-state index contributed by atoms with van der Waals surface area (Å²) in [6, 6.07) is 6.98. The van der Waals surface area contributed by atoms with Crippen LogP contribution in [0.3, 0.4) is 0 Å². The Morgan fingerprint density at radius 1 is 1.39 bits per heavy atom. The van der Waals surface area contributed by atoms with Crippen LogP contribution in [0.25, 0.3) is 0 Å². The molecule has 6 heteroatoms. The number of hydrogen-bond donors (Lipinski definition) is 0. The third-order valence-corrected chi connectivity index (χ3v) is 4.23. The SMILES string of the molecule is CCS(=O)(=O)N(CC(=O)OC)c1cccc(C)c1. The number of nitrogens with zero attached hydrogens (tertiary/aromatic N) is 1. The largest absolute Gasteiger partial charge is 0.468 e. The van der Waals surface area contributed by atoms with Gasteiger partial charge in [-0.25, -0.2) is 8.42 Å². The summed E-state index contributed by atoms with van der Waals surface area (Å²) in [5, 5.41) is 0. The first-order chi connectivity index (χ1) is 8.40. The molecule has 0 aliphatic rings. The van der Waals surface area contributed by atoms with Gasteiger partial charge in [0, 0.05) is 0 Å². The van der Waals surface area contributed by atoms with Crippen molar-refractivity contribution in [2.24, 2.45) is 0 Å². The van der Waals surface area contributed by atoms with Crippen LogP contribution < -0.4 is 4.31 Å². The number of rotatable bonds is 5. The van der Waals surface area contributed by atoms with Crippen LogP contribution in [0.2, 0.25) is 0 Å². The minimum Gasteiger partial charge on any atom is -0.468 e. The Bertz CT molecular complexity index is 525. The van der Waals surface area contributed by atoms with Crippen molar-refractivity contribution in [3.05, 3.63) is 29.8 Å². The van der Waals surface area contributed by atoms with Gasteiger partial charge in [0.15, 0.2) is 0 Å². The van der Waals surface area contributed by atoms with Crippen LogP contribution >= 0.6 is 0 Å². The molecule has 1 aromatic carbocycles. The normalized spacial score (nSPS) is 11.1. The van der Waals surface area contributed by atoms with Crippen LogP contribution in [0.1, 0.15) is 12.5 Å². The van der Waals surface area contributed by atoms with Gasteiger partial charge in [-0.3, -0.25) is 9.10 Å². The number of ether oxygens (including phenoxy) is 1. The number of carbonyl (C=O) groups is 1. The van der Waals surface area contributed by atoms with Crippen LogP contribution in [-0.4, -0.2) is 33.8 Å². The molecule has 0 atom stereocenters. The molecule has 0 radical (unpaired) electrons. The van der Waals surface area contributed by atoms with Gasteiger partial charge >= 0.3 is 5.97 Å². The predicted molar refractivity (Wildman–Crippen MR) is 70.0 cm³/mol. The molecular formula is C12H17NO4S. The third kappa shape index (κ3) is 3.46. The summed E-state index contributed by atoms with van der Waals surface area (Å²) >= 11 is 0. The van der Waals surface area contributed by atoms with E-state index in [1.807, 2.05) is 13.0 Å². The van der Waals surface area contributed by atoms with Crippen LogP contribution in [0, 0.1) is 6.92 Å². The van der Waals surface area contributed by atoms with Gasteiger partial charge in [-0.2, -0.15) is 0 Å². The van der Waals surface area contributed by atoms with Gasteiger partial charge < -0.3 is 4.74 Å². The zero-order valence-corrected chi connectivity index (χ0v) is 11.5. The van der Waals surface area contributed by atoms with E-state index >= 15 is 0 Å². The molecule has 0 bridgehead atoms. The lowest BCUT2D eigenvalue weighted by Gasteiger charge is -2.22. The van der Waals surface area contributed by atoms with Gasteiger partial charge in [0.1, 0.15) is 6.54 Å². The van der Waals surface area contributed by atoms with Gasteiger partial charge in [0.2, 0.25) is 10.0 Å². The van der Waals surface area contributed by atoms with Crippen LogP contribution in [0.4, 0.5) is 5.69 Å². The minimum atomic E-state index is -3.50. The van der Waals surface area contributed by atoms with E-state index < -0.39 is 16.0 Å². The lowest BCUT2D eigenvalue weighted by Crippen LogP contribution is -2.37. The number of benzene rings is 1. The lowest BCUT2D eigenvalue weighted by atomic mass is 10.2. The van der Waals surface area contributed by atoms with E-state index in [0.29, 0.717) is 5.69 Å². The lowest BCUT2D eigenvalue weighted by molar-refractivity contribution is -0.138. The molecule has 18 heavy (non-hydrogen) atoms. The molecule has 0 fully saturated rings. The zero-order valence-electron chi connectivity index (χ0n) is 10.7. The standard InChI is InChI=1S/C12H17NO4S/c1-4-18(15,16)13(9-12(14)17-3)11-7-5-6-10(2)8-11/h5-8H,4,9H2,1-3H3. The van der Waals surface area contributed by atoms with Gasteiger partial charge in [-0.1, -0.05) is 12.1 Å². The summed E-state index contributed by atoms with van der Waals surface area (Å²) in [5.41, 5.74) is 1.40. The molecule has 0 heterocycles. The second kappa shape index (κ2) is 5.86. The van der Waals surface area contributed by atoms with E-state index in [-0.39, 0.29) is 12.3 Å². The van der Waals surface area contributed by atoms with E-state index in [9.17, 15) is 13.2 Å². The van der Waals surface area contributed by atoms with Crippen LogP contribution in [-0.2, 0) is 19.6 Å². The first kappa shape index (κ1) is 14.5. The number of anilines is 1. The smallest absolute Gasteiger partial charge is 0.326 e. The Morgan fingerprint density at radius 3 is 2.56 bits per heavy atom. The highest BCUT2D eigenvalue weighted by Gasteiger charge is 2.23. The number of carbonyl (C=O) groups excluding carboxylic acids is 1. The Hall–Kier alpha value is -1.56. The Kier molecular flexibility index (Phi) is 4.72. The molecule has 1 aromatic rings. The molecular weight excluding hydrogens is 254 g/mol. The van der Waals surface area contributed by atoms with Crippen molar-refractivity contribution in [2.75, 3.05) is 23.7 Å². The first-order valence-corrected chi connectivity index (χ1v) is 7.15. The minimum absolute atomic E-state index is 0.0715. The van der Waals surface area contributed by atoms with Crippen molar-refractivity contribution in [3.8, 4) is 0 Å². The van der Waals surface area contributed by atoms with Crippen molar-refractivity contribution in [1.29, 1.82) is 0 Å². The fourth-order valence-electron chi connectivity index (χ4n) is 1.47. The van der Waals surface area contributed by atoms with E-state index in [0.717, 1.165) is 9.87 Å². The molecule has 0 aliphatic heterocycles. The molecule has 0 saturated carbocycles. The summed E-state index contributed by atoms with van der Waals surface area (Å²) in [7, 11) is -2.27. The fraction of sp³-hybridized carbons (Fsp3) is 0.417. The van der Waals surface area contributed by atoms with Crippen molar-refractivity contribution in [1.82, 2.24) is 0 Å². The number of aryl methyl sites for hydroxylation is 1. The molecule has 0 aromatic heterocycles. The van der Waals surface area contributed by atoms with Gasteiger partial charge in [-0.15, -0.1) is 0 Å². The highest BCUT2D eigenvalue weighted by molar-refractivity contribution is 7.92. The molecule has 0 N–H and O–H groups in total. The molecule has 0 aliphatic carbocycles. The van der Waals surface area contributed by atoms with Crippen molar-refractivity contribution in [2.45, 2.75) is 13.8 Å². The second-order valence-electron chi connectivity index (χ2n) is 3.82. The maximum absolute atomic E-state index is 12.0. The molecule has 0 spiro atoms. The second-order valence-corrected chi connectivity index (χ2v) is 6.00. The predicted octanol–water partition coefficient (Wildman–Crippen LogP) is 1.32. The van der Waals surface area contributed by atoms with Crippen LogP contribution in [0.5, 0.6) is 0 Å². The molecule has 5 nitrogen and oxygen atoms in total. The first-order valence-electron chi connectivity index (χ1n) is 5.54. The maximum atomic E-state index is 12.0. The fourth-order valence-corrected chi connectivity index (χ4v) is 2.52.